The van der Waals surface area contributed by atoms with Crippen LogP contribution < -0.4 is 11.1 Å². The third-order valence-corrected chi connectivity index (χ3v) is 1.99. The molecular formula is C11H10N4O. The highest BCUT2D eigenvalue weighted by molar-refractivity contribution is 6.04. The van der Waals surface area contributed by atoms with Crippen LogP contribution >= 0.6 is 0 Å². The van der Waals surface area contributed by atoms with Gasteiger partial charge in [-0.05, 0) is 24.3 Å². The van der Waals surface area contributed by atoms with Gasteiger partial charge in [0.15, 0.2) is 0 Å². The fourth-order valence-electron chi connectivity index (χ4n) is 1.24. The molecule has 3 N–H and O–H groups in total. The summed E-state index contributed by atoms with van der Waals surface area (Å²) >= 11 is 0. The van der Waals surface area contributed by atoms with E-state index in [2.05, 4.69) is 15.5 Å². The van der Waals surface area contributed by atoms with Gasteiger partial charge in [-0.3, -0.25) is 4.79 Å². The molecule has 2 aromatic rings. The number of carbonyl (C=O) groups excluding carboxylic acids is 1. The number of nitrogens with zero attached hydrogens (tertiary/aromatic N) is 2. The van der Waals surface area contributed by atoms with Gasteiger partial charge in [0.2, 0.25) is 0 Å². The lowest BCUT2D eigenvalue weighted by atomic mass is 10.2. The Morgan fingerprint density at radius 1 is 1.25 bits per heavy atom. The van der Waals surface area contributed by atoms with E-state index in [1.807, 2.05) is 0 Å². The Hall–Kier alpha value is -2.43. The van der Waals surface area contributed by atoms with Crippen molar-refractivity contribution in [3.63, 3.8) is 0 Å². The van der Waals surface area contributed by atoms with E-state index in [0.29, 0.717) is 16.9 Å². The van der Waals surface area contributed by atoms with Crippen LogP contribution in [0.4, 0.5) is 11.4 Å². The molecule has 0 aliphatic rings. The van der Waals surface area contributed by atoms with Crippen molar-refractivity contribution in [2.75, 3.05) is 11.1 Å². The van der Waals surface area contributed by atoms with Crippen molar-refractivity contribution in [3.05, 3.63) is 48.3 Å². The highest BCUT2D eigenvalue weighted by atomic mass is 16.1. The van der Waals surface area contributed by atoms with Gasteiger partial charge >= 0.3 is 0 Å². The van der Waals surface area contributed by atoms with E-state index in [-0.39, 0.29) is 5.91 Å². The fraction of sp³-hybridized carbons (Fsp3) is 0. The number of nitrogens with one attached hydrogen (secondary N) is 1. The molecule has 0 bridgehead atoms. The van der Waals surface area contributed by atoms with Crippen molar-refractivity contribution in [2.24, 2.45) is 0 Å². The molecule has 0 atom stereocenters. The van der Waals surface area contributed by atoms with Crippen molar-refractivity contribution in [2.45, 2.75) is 0 Å². The Bertz CT molecular complexity index is 498. The third-order valence-electron chi connectivity index (χ3n) is 1.99. The molecule has 16 heavy (non-hydrogen) atoms. The average Bonchev–Trinajstić information content (AvgIpc) is 2.30. The van der Waals surface area contributed by atoms with Gasteiger partial charge in [-0.15, -0.1) is 0 Å². The first-order valence-electron chi connectivity index (χ1n) is 4.69. The molecule has 0 fully saturated rings. The Morgan fingerprint density at radius 3 is 2.81 bits per heavy atom. The second-order valence-corrected chi connectivity index (χ2v) is 3.21. The molecule has 5 nitrogen and oxygen atoms in total. The zero-order valence-corrected chi connectivity index (χ0v) is 8.42. The normalized spacial score (nSPS) is 9.75. The smallest absolute Gasteiger partial charge is 0.257 e. The van der Waals surface area contributed by atoms with Crippen molar-refractivity contribution in [1.29, 1.82) is 0 Å². The number of rotatable bonds is 2. The minimum absolute atomic E-state index is 0.236. The lowest BCUT2D eigenvalue weighted by Gasteiger charge is -2.04. The SMILES string of the molecule is Nc1cccc(NC(=O)c2ccnnc2)c1. The minimum atomic E-state index is -0.236. The molecule has 0 spiro atoms. The van der Waals surface area contributed by atoms with Gasteiger partial charge in [-0.2, -0.15) is 10.2 Å². The zero-order chi connectivity index (χ0) is 11.4. The summed E-state index contributed by atoms with van der Waals surface area (Å²) in [4.78, 5) is 11.7. The number of hydrogen-bond donors (Lipinski definition) is 2. The quantitative estimate of drug-likeness (QED) is 0.738. The maximum atomic E-state index is 11.7. The van der Waals surface area contributed by atoms with Crippen LogP contribution in [0.1, 0.15) is 10.4 Å². The second-order valence-electron chi connectivity index (χ2n) is 3.21. The molecule has 80 valence electrons. The minimum Gasteiger partial charge on any atom is -0.399 e. The number of anilines is 2. The first-order chi connectivity index (χ1) is 7.75. The van der Waals surface area contributed by atoms with Gasteiger partial charge < -0.3 is 11.1 Å². The fourth-order valence-corrected chi connectivity index (χ4v) is 1.24. The number of aromatic nitrogens is 2. The van der Waals surface area contributed by atoms with Crippen LogP contribution in [-0.4, -0.2) is 16.1 Å². The summed E-state index contributed by atoms with van der Waals surface area (Å²) in [5, 5.41) is 9.94. The molecule has 0 aliphatic heterocycles. The van der Waals surface area contributed by atoms with Gasteiger partial charge in [0.1, 0.15) is 0 Å². The number of amides is 1. The summed E-state index contributed by atoms with van der Waals surface area (Å²) in [6, 6.07) is 8.57. The van der Waals surface area contributed by atoms with E-state index in [4.69, 9.17) is 5.73 Å². The first kappa shape index (κ1) is 10.1. The van der Waals surface area contributed by atoms with E-state index in [1.54, 1.807) is 30.3 Å². The lowest BCUT2D eigenvalue weighted by molar-refractivity contribution is 0.102. The molecule has 1 amide bonds. The molecule has 0 aliphatic carbocycles. The van der Waals surface area contributed by atoms with Crippen LogP contribution in [0.25, 0.3) is 0 Å². The van der Waals surface area contributed by atoms with Crippen molar-refractivity contribution in [3.8, 4) is 0 Å². The average molecular weight is 214 g/mol. The summed E-state index contributed by atoms with van der Waals surface area (Å²) < 4.78 is 0. The molecule has 0 radical (unpaired) electrons. The Kier molecular flexibility index (Phi) is 2.77. The molecule has 0 saturated heterocycles. The summed E-state index contributed by atoms with van der Waals surface area (Å²) in [6.45, 7) is 0. The first-order valence-corrected chi connectivity index (χ1v) is 4.69. The van der Waals surface area contributed by atoms with Crippen LogP contribution in [0, 0.1) is 0 Å². The number of nitrogen functional groups attached to an aromatic ring is 1. The summed E-state index contributed by atoms with van der Waals surface area (Å²) in [5.41, 5.74) is 7.31. The van der Waals surface area contributed by atoms with Crippen LogP contribution in [0.3, 0.4) is 0 Å². The summed E-state index contributed by atoms with van der Waals surface area (Å²) in [6.07, 6.45) is 2.87. The molecule has 0 saturated carbocycles. The van der Waals surface area contributed by atoms with Crippen LogP contribution in [-0.2, 0) is 0 Å². The van der Waals surface area contributed by atoms with E-state index in [1.165, 1.54) is 12.4 Å². The Balaban J connectivity index is 2.14. The summed E-state index contributed by atoms with van der Waals surface area (Å²) in [5.74, 6) is -0.236. The topological polar surface area (TPSA) is 80.9 Å². The largest absolute Gasteiger partial charge is 0.399 e. The van der Waals surface area contributed by atoms with Gasteiger partial charge in [0, 0.05) is 11.4 Å². The van der Waals surface area contributed by atoms with Gasteiger partial charge in [0.05, 0.1) is 18.0 Å². The zero-order valence-electron chi connectivity index (χ0n) is 8.42. The summed E-state index contributed by atoms with van der Waals surface area (Å²) in [7, 11) is 0. The highest BCUT2D eigenvalue weighted by Gasteiger charge is 2.05. The molecular weight excluding hydrogens is 204 g/mol. The number of nitrogens with two attached hydrogens (primary N) is 1. The van der Waals surface area contributed by atoms with Crippen LogP contribution in [0.2, 0.25) is 0 Å². The second kappa shape index (κ2) is 4.39. The van der Waals surface area contributed by atoms with Gasteiger partial charge in [-0.25, -0.2) is 0 Å². The van der Waals surface area contributed by atoms with Crippen molar-refractivity contribution < 1.29 is 4.79 Å². The highest BCUT2D eigenvalue weighted by Crippen LogP contribution is 2.12. The molecule has 1 heterocycles. The standard InChI is InChI=1S/C11H10N4O/c12-9-2-1-3-10(6-9)15-11(16)8-4-5-13-14-7-8/h1-7H,12H2,(H,15,16). The predicted molar refractivity (Wildman–Crippen MR) is 60.8 cm³/mol. The number of hydrogen-bond acceptors (Lipinski definition) is 4. The molecule has 5 heteroatoms. The van der Waals surface area contributed by atoms with Crippen LogP contribution in [0.5, 0.6) is 0 Å². The molecule has 1 aromatic carbocycles. The van der Waals surface area contributed by atoms with Gasteiger partial charge in [0.25, 0.3) is 5.91 Å². The van der Waals surface area contributed by atoms with Crippen molar-refractivity contribution in [1.82, 2.24) is 10.2 Å². The van der Waals surface area contributed by atoms with E-state index < -0.39 is 0 Å². The van der Waals surface area contributed by atoms with E-state index >= 15 is 0 Å². The maximum Gasteiger partial charge on any atom is 0.257 e. The predicted octanol–water partition coefficient (Wildman–Crippen LogP) is 1.31. The van der Waals surface area contributed by atoms with Crippen LogP contribution in [0.15, 0.2) is 42.7 Å². The molecule has 0 unspecified atom stereocenters. The Labute approximate surface area is 92.3 Å². The lowest BCUT2D eigenvalue weighted by Crippen LogP contribution is -2.12. The number of carbonyl (C=O) groups is 1. The van der Waals surface area contributed by atoms with E-state index in [0.717, 1.165) is 0 Å². The third kappa shape index (κ3) is 2.33. The monoisotopic (exact) mass is 214 g/mol. The molecule has 1 aromatic heterocycles. The van der Waals surface area contributed by atoms with Gasteiger partial charge in [-0.1, -0.05) is 6.07 Å². The van der Waals surface area contributed by atoms with Crippen molar-refractivity contribution >= 4 is 17.3 Å². The number of benzene rings is 1. The van der Waals surface area contributed by atoms with E-state index in [9.17, 15) is 4.79 Å². The molecule has 2 rings (SSSR count). The maximum absolute atomic E-state index is 11.7. The Morgan fingerprint density at radius 2 is 2.12 bits per heavy atom.